The third-order valence-corrected chi connectivity index (χ3v) is 9.89. The number of hydrogen-bond donors (Lipinski definition) is 5. The molecule has 1 fully saturated rings. The Morgan fingerprint density at radius 1 is 0.783 bits per heavy atom. The third kappa shape index (κ3) is 7.24. The van der Waals surface area contributed by atoms with Gasteiger partial charge in [-0.05, 0) is 59.8 Å². The van der Waals surface area contributed by atoms with E-state index in [-0.39, 0.29) is 42.5 Å². The minimum Gasteiger partial charge on any atom is -0.391 e. The smallest absolute Gasteiger partial charge is 0.224 e. The van der Waals surface area contributed by atoms with Crippen molar-refractivity contribution in [3.8, 4) is 0 Å². The van der Waals surface area contributed by atoms with Gasteiger partial charge in [-0.1, -0.05) is 97.1 Å². The van der Waals surface area contributed by atoms with Gasteiger partial charge < -0.3 is 26.2 Å². The normalized spacial score (nSPS) is 25.4. The van der Waals surface area contributed by atoms with Crippen molar-refractivity contribution in [2.75, 3.05) is 13.1 Å². The highest BCUT2D eigenvalue weighted by atomic mass is 16.3. The van der Waals surface area contributed by atoms with Crippen LogP contribution in [0.3, 0.4) is 0 Å². The fraction of sp³-hybridized carbons (Fsp3) is 0.395. The van der Waals surface area contributed by atoms with E-state index in [1.54, 1.807) is 0 Å². The first-order valence-electron chi connectivity index (χ1n) is 16.4. The van der Waals surface area contributed by atoms with Gasteiger partial charge in [0.1, 0.15) is 0 Å². The van der Waals surface area contributed by atoms with Crippen molar-refractivity contribution < 1.29 is 24.6 Å². The van der Waals surface area contributed by atoms with E-state index in [0.717, 1.165) is 35.1 Å². The average Bonchev–Trinajstić information content (AvgIpc) is 3.78. The molecule has 0 aliphatic heterocycles. The largest absolute Gasteiger partial charge is 0.391 e. The zero-order valence-electron chi connectivity index (χ0n) is 25.9. The molecule has 5 N–H and O–H groups in total. The van der Waals surface area contributed by atoms with Gasteiger partial charge in [-0.2, -0.15) is 0 Å². The fourth-order valence-electron chi connectivity index (χ4n) is 7.58. The Bertz CT molecular complexity index is 1540. The summed E-state index contributed by atoms with van der Waals surface area (Å²) in [6.07, 6.45) is 4.90. The van der Waals surface area contributed by atoms with Crippen LogP contribution < -0.4 is 16.0 Å². The molecule has 2 bridgehead atoms. The van der Waals surface area contributed by atoms with Gasteiger partial charge >= 0.3 is 0 Å². The Balaban J connectivity index is 1.06. The van der Waals surface area contributed by atoms with Crippen molar-refractivity contribution in [1.82, 2.24) is 16.0 Å². The lowest BCUT2D eigenvalue weighted by atomic mass is 9.81. The summed E-state index contributed by atoms with van der Waals surface area (Å²) in [7, 11) is 0. The molecule has 0 unspecified atom stereocenters. The van der Waals surface area contributed by atoms with Crippen molar-refractivity contribution >= 4 is 17.7 Å². The van der Waals surface area contributed by atoms with Crippen molar-refractivity contribution in [3.63, 3.8) is 0 Å². The van der Waals surface area contributed by atoms with Crippen molar-refractivity contribution in [2.24, 2.45) is 29.6 Å². The SMILES string of the molecule is O=C(N[C@H]1c2ccccc2C[C@H]1O)[C@@H](Cc1ccccc1)C[C@H](O)CNC(=O)[C@H]1[C@H](C(=O)NCCc2ccccc2)[C@@H]2C=C[C@H]1C2. The number of allylic oxidation sites excluding steroid dienone is 2. The lowest BCUT2D eigenvalue weighted by Gasteiger charge is -2.27. The van der Waals surface area contributed by atoms with Crippen LogP contribution in [0.5, 0.6) is 0 Å². The number of carbonyl (C=O) groups excluding carboxylic acids is 3. The number of aliphatic hydroxyl groups excluding tert-OH is 2. The summed E-state index contributed by atoms with van der Waals surface area (Å²) in [6, 6.07) is 26.8. The van der Waals surface area contributed by atoms with Crippen molar-refractivity contribution in [2.45, 2.75) is 50.4 Å². The second kappa shape index (κ2) is 14.4. The predicted molar refractivity (Wildman–Crippen MR) is 175 cm³/mol. The zero-order chi connectivity index (χ0) is 32.0. The fourth-order valence-corrected chi connectivity index (χ4v) is 7.58. The number of amides is 3. The van der Waals surface area contributed by atoms with E-state index in [1.807, 2.05) is 91.0 Å². The molecule has 240 valence electrons. The second-order valence-electron chi connectivity index (χ2n) is 13.0. The van der Waals surface area contributed by atoms with Gasteiger partial charge in [0.25, 0.3) is 0 Å². The molecular formula is C38H43N3O5. The van der Waals surface area contributed by atoms with Gasteiger partial charge in [-0.25, -0.2) is 0 Å². The van der Waals surface area contributed by atoms with Crippen LogP contribution in [0, 0.1) is 29.6 Å². The number of fused-ring (bicyclic) bond motifs is 3. The summed E-state index contributed by atoms with van der Waals surface area (Å²) >= 11 is 0. The molecule has 0 spiro atoms. The molecule has 0 aromatic heterocycles. The molecule has 6 rings (SSSR count). The summed E-state index contributed by atoms with van der Waals surface area (Å²) in [5, 5.41) is 30.8. The standard InChI is InChI=1S/C38H43N3O5/c42-30(21-29(19-25-11-5-2-6-12-25)36(44)41-35-31-14-8-7-13-26(31)22-32(35)43)23-40-38(46)34-28-16-15-27(20-28)33(34)37(45)39-18-17-24-9-3-1-4-10-24/h1-16,27-30,32-35,42-43H,17-23H2,(H,39,45)(H,40,46)(H,41,44)/t27-,28+,29+,30+,32-,33-,34-,35+/m1/s1. The number of aliphatic hydroxyl groups is 2. The molecule has 3 aromatic carbocycles. The third-order valence-electron chi connectivity index (χ3n) is 9.89. The average molecular weight is 622 g/mol. The van der Waals surface area contributed by atoms with Crippen molar-refractivity contribution in [3.05, 3.63) is 119 Å². The van der Waals surface area contributed by atoms with Crippen LogP contribution in [0.1, 0.15) is 41.1 Å². The van der Waals surface area contributed by atoms with Crippen LogP contribution in [-0.2, 0) is 33.6 Å². The Kier molecular flexibility index (Phi) is 9.95. The van der Waals surface area contributed by atoms with Gasteiger partial charge in [-0.15, -0.1) is 0 Å². The van der Waals surface area contributed by atoms with Crippen LogP contribution >= 0.6 is 0 Å². The topological polar surface area (TPSA) is 128 Å². The Hall–Kier alpha value is -4.27. The maximum Gasteiger partial charge on any atom is 0.224 e. The lowest BCUT2D eigenvalue weighted by molar-refractivity contribution is -0.135. The highest BCUT2D eigenvalue weighted by molar-refractivity contribution is 5.89. The number of carbonyl (C=O) groups is 3. The van der Waals surface area contributed by atoms with Gasteiger partial charge in [0.2, 0.25) is 17.7 Å². The number of rotatable bonds is 13. The van der Waals surface area contributed by atoms with E-state index in [2.05, 4.69) is 22.0 Å². The minimum atomic E-state index is -0.975. The molecule has 3 aliphatic carbocycles. The summed E-state index contributed by atoms with van der Waals surface area (Å²) in [5.41, 5.74) is 4.03. The van der Waals surface area contributed by atoms with E-state index >= 15 is 0 Å². The molecule has 1 saturated carbocycles. The number of nitrogens with one attached hydrogen (secondary N) is 3. The van der Waals surface area contributed by atoms with E-state index in [9.17, 15) is 24.6 Å². The monoisotopic (exact) mass is 621 g/mol. The summed E-state index contributed by atoms with van der Waals surface area (Å²) in [5.74, 6) is -2.10. The molecule has 8 nitrogen and oxygen atoms in total. The Labute approximate surface area is 270 Å². The minimum absolute atomic E-state index is 0.00987. The molecule has 8 atom stereocenters. The Morgan fingerprint density at radius 2 is 1.39 bits per heavy atom. The molecule has 0 heterocycles. The first-order chi connectivity index (χ1) is 22.4. The zero-order valence-corrected chi connectivity index (χ0v) is 25.9. The van der Waals surface area contributed by atoms with Gasteiger partial charge in [-0.3, -0.25) is 14.4 Å². The summed E-state index contributed by atoms with van der Waals surface area (Å²) in [6.45, 7) is 0.480. The molecule has 3 amide bonds. The van der Waals surface area contributed by atoms with E-state index in [0.29, 0.717) is 19.4 Å². The first kappa shape index (κ1) is 31.7. The van der Waals surface area contributed by atoms with Gasteiger partial charge in [0.15, 0.2) is 0 Å². The molecule has 3 aromatic rings. The van der Waals surface area contributed by atoms with Crippen LogP contribution in [0.4, 0.5) is 0 Å². The first-order valence-corrected chi connectivity index (χ1v) is 16.4. The quantitative estimate of drug-likeness (QED) is 0.187. The molecule has 46 heavy (non-hydrogen) atoms. The highest BCUT2D eigenvalue weighted by Crippen LogP contribution is 2.48. The Morgan fingerprint density at radius 3 is 2.09 bits per heavy atom. The molecule has 0 saturated heterocycles. The van der Waals surface area contributed by atoms with Crippen LogP contribution in [-0.4, -0.2) is 53.2 Å². The van der Waals surface area contributed by atoms with E-state index in [1.165, 1.54) is 0 Å². The van der Waals surface area contributed by atoms with Gasteiger partial charge in [0, 0.05) is 25.4 Å². The molecule has 3 aliphatic rings. The van der Waals surface area contributed by atoms with Crippen LogP contribution in [0.15, 0.2) is 97.1 Å². The molecular weight excluding hydrogens is 578 g/mol. The molecule has 0 radical (unpaired) electrons. The van der Waals surface area contributed by atoms with Crippen LogP contribution in [0.2, 0.25) is 0 Å². The van der Waals surface area contributed by atoms with Crippen LogP contribution in [0.25, 0.3) is 0 Å². The number of hydrogen-bond acceptors (Lipinski definition) is 5. The predicted octanol–water partition coefficient (Wildman–Crippen LogP) is 3.28. The van der Waals surface area contributed by atoms with E-state index in [4.69, 9.17) is 0 Å². The highest BCUT2D eigenvalue weighted by Gasteiger charge is 2.51. The maximum atomic E-state index is 13.7. The van der Waals surface area contributed by atoms with Gasteiger partial charge in [0.05, 0.1) is 30.1 Å². The second-order valence-corrected chi connectivity index (χ2v) is 13.0. The number of benzene rings is 3. The van der Waals surface area contributed by atoms with Crippen molar-refractivity contribution in [1.29, 1.82) is 0 Å². The maximum absolute atomic E-state index is 13.7. The summed E-state index contributed by atoms with van der Waals surface area (Å²) in [4.78, 5) is 40.4. The lowest BCUT2D eigenvalue weighted by Crippen LogP contribution is -2.46. The molecule has 8 heteroatoms. The van der Waals surface area contributed by atoms with E-state index < -0.39 is 36.0 Å². The summed E-state index contributed by atoms with van der Waals surface area (Å²) < 4.78 is 0.